The Kier molecular flexibility index (Phi) is 7.39. The Morgan fingerprint density at radius 1 is 1.28 bits per heavy atom. The highest BCUT2D eigenvalue weighted by Gasteiger charge is 2.21. The summed E-state index contributed by atoms with van der Waals surface area (Å²) in [4.78, 5) is 25.5. The van der Waals surface area contributed by atoms with Crippen molar-refractivity contribution in [1.82, 2.24) is 14.5 Å². The van der Waals surface area contributed by atoms with Gasteiger partial charge in [-0.2, -0.15) is 0 Å². The minimum atomic E-state index is -3.46. The first-order valence-electron chi connectivity index (χ1n) is 8.45. The number of hydrogen-bond donors (Lipinski definition) is 1. The van der Waals surface area contributed by atoms with Crippen molar-refractivity contribution in [3.63, 3.8) is 0 Å². The predicted molar refractivity (Wildman–Crippen MR) is 96.8 cm³/mol. The second-order valence-corrected chi connectivity index (χ2v) is 9.27. The van der Waals surface area contributed by atoms with E-state index in [9.17, 15) is 18.0 Å². The minimum Gasteiger partial charge on any atom is -0.356 e. The van der Waals surface area contributed by atoms with E-state index in [1.807, 2.05) is 4.90 Å². The molecule has 2 rings (SSSR count). The van der Waals surface area contributed by atoms with Crippen molar-refractivity contribution in [2.45, 2.75) is 36.3 Å². The van der Waals surface area contributed by atoms with Crippen molar-refractivity contribution >= 4 is 33.2 Å². The van der Waals surface area contributed by atoms with Crippen LogP contribution in [0.1, 0.15) is 32.1 Å². The van der Waals surface area contributed by atoms with Gasteiger partial charge in [-0.25, -0.2) is 12.7 Å². The molecule has 0 unspecified atom stereocenters. The van der Waals surface area contributed by atoms with Crippen molar-refractivity contribution in [3.05, 3.63) is 17.5 Å². The third-order valence-corrected chi connectivity index (χ3v) is 7.39. The Hall–Kier alpha value is -1.45. The lowest BCUT2D eigenvalue weighted by Gasteiger charge is -2.16. The van der Waals surface area contributed by atoms with Gasteiger partial charge in [-0.3, -0.25) is 9.59 Å². The van der Waals surface area contributed by atoms with Crippen LogP contribution in [0.15, 0.2) is 21.7 Å². The first kappa shape index (κ1) is 19.9. The fourth-order valence-corrected chi connectivity index (χ4v) is 5.08. The molecule has 1 aliphatic heterocycles. The van der Waals surface area contributed by atoms with Crippen molar-refractivity contribution in [1.29, 1.82) is 0 Å². The Bertz CT molecular complexity index is 668. The SMILES string of the molecule is CN(CCCC(=O)NCCC(=O)N1CCCC1)S(=O)(=O)c1cccs1. The van der Waals surface area contributed by atoms with Crippen LogP contribution >= 0.6 is 11.3 Å². The van der Waals surface area contributed by atoms with Gasteiger partial charge < -0.3 is 10.2 Å². The fourth-order valence-electron chi connectivity index (χ4n) is 2.67. The summed E-state index contributed by atoms with van der Waals surface area (Å²) in [6.07, 6.45) is 3.10. The third-order valence-electron chi connectivity index (χ3n) is 4.16. The van der Waals surface area contributed by atoms with E-state index in [1.54, 1.807) is 17.5 Å². The molecule has 0 aromatic carbocycles. The molecule has 1 fully saturated rings. The molecule has 1 saturated heterocycles. The lowest BCUT2D eigenvalue weighted by molar-refractivity contribution is -0.130. The lowest BCUT2D eigenvalue weighted by atomic mass is 10.3. The largest absolute Gasteiger partial charge is 0.356 e. The number of nitrogens with zero attached hydrogens (tertiary/aromatic N) is 2. The predicted octanol–water partition coefficient (Wildman–Crippen LogP) is 1.28. The molecule has 140 valence electrons. The first-order chi connectivity index (χ1) is 11.9. The van der Waals surface area contributed by atoms with E-state index in [0.29, 0.717) is 23.6 Å². The van der Waals surface area contributed by atoms with E-state index in [4.69, 9.17) is 0 Å². The lowest BCUT2D eigenvalue weighted by Crippen LogP contribution is -2.33. The molecule has 1 aliphatic rings. The van der Waals surface area contributed by atoms with Gasteiger partial charge in [0.1, 0.15) is 4.21 Å². The number of amides is 2. The minimum absolute atomic E-state index is 0.0829. The normalized spacial score (nSPS) is 14.9. The molecule has 0 aliphatic carbocycles. The van der Waals surface area contributed by atoms with Crippen molar-refractivity contribution in [3.8, 4) is 0 Å². The number of likely N-dealkylation sites (tertiary alicyclic amines) is 1. The van der Waals surface area contributed by atoms with Crippen LogP contribution in [0.25, 0.3) is 0 Å². The third kappa shape index (κ3) is 5.79. The zero-order valence-corrected chi connectivity index (χ0v) is 16.1. The zero-order chi connectivity index (χ0) is 18.3. The van der Waals surface area contributed by atoms with E-state index in [-0.39, 0.29) is 24.8 Å². The number of carbonyl (C=O) groups excluding carboxylic acids is 2. The number of sulfonamides is 1. The van der Waals surface area contributed by atoms with Gasteiger partial charge in [-0.15, -0.1) is 11.3 Å². The molecule has 2 amide bonds. The fraction of sp³-hybridized carbons (Fsp3) is 0.625. The molecule has 9 heteroatoms. The maximum absolute atomic E-state index is 12.2. The molecular formula is C16H25N3O4S2. The Balaban J connectivity index is 1.62. The molecule has 7 nitrogen and oxygen atoms in total. The highest BCUT2D eigenvalue weighted by molar-refractivity contribution is 7.91. The summed E-state index contributed by atoms with van der Waals surface area (Å²) < 4.78 is 26.0. The number of carbonyl (C=O) groups is 2. The van der Waals surface area contributed by atoms with E-state index < -0.39 is 10.0 Å². The average Bonchev–Trinajstić information content (AvgIpc) is 3.28. The quantitative estimate of drug-likeness (QED) is 0.691. The maximum Gasteiger partial charge on any atom is 0.252 e. The molecule has 1 aromatic heterocycles. The van der Waals surface area contributed by atoms with Crippen LogP contribution in [0, 0.1) is 0 Å². The molecule has 0 bridgehead atoms. The van der Waals surface area contributed by atoms with Crippen LogP contribution in [-0.2, 0) is 19.6 Å². The smallest absolute Gasteiger partial charge is 0.252 e. The zero-order valence-electron chi connectivity index (χ0n) is 14.4. The van der Waals surface area contributed by atoms with Crippen LogP contribution in [0.4, 0.5) is 0 Å². The van der Waals surface area contributed by atoms with Gasteiger partial charge in [-0.1, -0.05) is 6.07 Å². The highest BCUT2D eigenvalue weighted by Crippen LogP contribution is 2.19. The second kappa shape index (κ2) is 9.30. The van der Waals surface area contributed by atoms with Crippen LogP contribution in [0.5, 0.6) is 0 Å². The molecule has 0 spiro atoms. The number of rotatable bonds is 9. The van der Waals surface area contributed by atoms with Gasteiger partial charge in [0.25, 0.3) is 10.0 Å². The van der Waals surface area contributed by atoms with Gasteiger partial charge in [0.05, 0.1) is 0 Å². The molecule has 1 aromatic rings. The van der Waals surface area contributed by atoms with E-state index in [1.165, 1.54) is 22.7 Å². The van der Waals surface area contributed by atoms with Crippen LogP contribution in [0.2, 0.25) is 0 Å². The summed E-state index contributed by atoms with van der Waals surface area (Å²) in [5, 5.41) is 4.44. The Labute approximate surface area is 153 Å². The molecular weight excluding hydrogens is 362 g/mol. The first-order valence-corrected chi connectivity index (χ1v) is 10.8. The molecule has 0 saturated carbocycles. The number of nitrogens with one attached hydrogen (secondary N) is 1. The molecule has 2 heterocycles. The second-order valence-electron chi connectivity index (χ2n) is 6.05. The van der Waals surface area contributed by atoms with Gasteiger partial charge in [0, 0.05) is 46.1 Å². The summed E-state index contributed by atoms with van der Waals surface area (Å²) in [7, 11) is -1.95. The number of hydrogen-bond acceptors (Lipinski definition) is 5. The van der Waals surface area contributed by atoms with Crippen LogP contribution in [0.3, 0.4) is 0 Å². The van der Waals surface area contributed by atoms with E-state index in [2.05, 4.69) is 5.32 Å². The topological polar surface area (TPSA) is 86.8 Å². The highest BCUT2D eigenvalue weighted by atomic mass is 32.2. The molecule has 25 heavy (non-hydrogen) atoms. The maximum atomic E-state index is 12.2. The van der Waals surface area contributed by atoms with Gasteiger partial charge in [0.15, 0.2) is 0 Å². The van der Waals surface area contributed by atoms with Crippen LogP contribution in [-0.4, -0.2) is 62.7 Å². The van der Waals surface area contributed by atoms with Crippen molar-refractivity contribution in [2.24, 2.45) is 0 Å². The summed E-state index contributed by atoms with van der Waals surface area (Å²) >= 11 is 1.18. The van der Waals surface area contributed by atoms with Gasteiger partial charge >= 0.3 is 0 Å². The summed E-state index contributed by atoms with van der Waals surface area (Å²) in [5.41, 5.74) is 0. The van der Waals surface area contributed by atoms with Gasteiger partial charge in [-0.05, 0) is 30.7 Å². The summed E-state index contributed by atoms with van der Waals surface area (Å²) in [5.74, 6) is -0.0734. The molecule has 1 N–H and O–H groups in total. The summed E-state index contributed by atoms with van der Waals surface area (Å²) in [6, 6.07) is 3.27. The van der Waals surface area contributed by atoms with E-state index in [0.717, 1.165) is 25.9 Å². The molecule has 0 atom stereocenters. The Morgan fingerprint density at radius 3 is 2.64 bits per heavy atom. The Morgan fingerprint density at radius 2 is 2.00 bits per heavy atom. The van der Waals surface area contributed by atoms with Crippen LogP contribution < -0.4 is 5.32 Å². The average molecular weight is 388 g/mol. The monoisotopic (exact) mass is 387 g/mol. The molecule has 0 radical (unpaired) electrons. The number of thiophene rings is 1. The van der Waals surface area contributed by atoms with Gasteiger partial charge in [0.2, 0.25) is 11.8 Å². The summed E-state index contributed by atoms with van der Waals surface area (Å²) in [6.45, 7) is 2.24. The van der Waals surface area contributed by atoms with E-state index >= 15 is 0 Å². The standard InChI is InChI=1S/C16H25N3O4S2/c1-18(25(22,23)16-7-5-13-24-16)10-4-6-14(20)17-9-8-15(21)19-11-2-3-12-19/h5,7,13H,2-4,6,8-12H2,1H3,(H,17,20). The van der Waals surface area contributed by atoms with Crippen molar-refractivity contribution in [2.75, 3.05) is 33.2 Å². The van der Waals surface area contributed by atoms with Crippen molar-refractivity contribution < 1.29 is 18.0 Å².